The lowest BCUT2D eigenvalue weighted by Crippen LogP contribution is -1.98. The summed E-state index contributed by atoms with van der Waals surface area (Å²) in [5.41, 5.74) is 4.08. The van der Waals surface area contributed by atoms with Crippen LogP contribution in [0.5, 0.6) is 0 Å². The Morgan fingerprint density at radius 2 is 2.27 bits per heavy atom. The average molecular weight is 152 g/mol. The predicted octanol–water partition coefficient (Wildman–Crippen LogP) is 2.43. The standard InChI is InChI=1S/C10H16O/c1-8-3-5-10(6-4-8)9(2)7-11/h3,11H,4-7H2,1-2H3. The van der Waals surface area contributed by atoms with E-state index in [9.17, 15) is 0 Å². The Bertz CT molecular complexity index is 199. The summed E-state index contributed by atoms with van der Waals surface area (Å²) in [5.74, 6) is 0. The number of allylic oxidation sites excluding steroid dienone is 3. The van der Waals surface area contributed by atoms with Crippen molar-refractivity contribution in [3.05, 3.63) is 22.8 Å². The maximum Gasteiger partial charge on any atom is 0.0641 e. The van der Waals surface area contributed by atoms with Crippen molar-refractivity contribution >= 4 is 0 Å². The Labute approximate surface area is 68.4 Å². The second kappa shape index (κ2) is 3.72. The molecule has 0 bridgehead atoms. The van der Waals surface area contributed by atoms with Crippen LogP contribution in [0.2, 0.25) is 0 Å². The monoisotopic (exact) mass is 152 g/mol. The third kappa shape index (κ3) is 2.19. The molecule has 0 saturated carbocycles. The van der Waals surface area contributed by atoms with Crippen molar-refractivity contribution in [3.8, 4) is 0 Å². The van der Waals surface area contributed by atoms with E-state index in [1.54, 1.807) is 0 Å². The highest BCUT2D eigenvalue weighted by Gasteiger charge is 2.06. The zero-order chi connectivity index (χ0) is 8.27. The Kier molecular flexibility index (Phi) is 2.89. The number of hydrogen-bond donors (Lipinski definition) is 1. The minimum absolute atomic E-state index is 0.224. The molecular weight excluding hydrogens is 136 g/mol. The van der Waals surface area contributed by atoms with Crippen LogP contribution in [0.25, 0.3) is 0 Å². The fraction of sp³-hybridized carbons (Fsp3) is 0.600. The molecule has 0 atom stereocenters. The van der Waals surface area contributed by atoms with Gasteiger partial charge in [-0.25, -0.2) is 0 Å². The molecule has 0 aromatic heterocycles. The average Bonchev–Trinajstić information content (AvgIpc) is 2.05. The van der Waals surface area contributed by atoms with E-state index >= 15 is 0 Å². The van der Waals surface area contributed by atoms with E-state index in [2.05, 4.69) is 13.0 Å². The maximum absolute atomic E-state index is 8.87. The van der Waals surface area contributed by atoms with Gasteiger partial charge in [-0.1, -0.05) is 17.2 Å². The van der Waals surface area contributed by atoms with Crippen molar-refractivity contribution in [2.75, 3.05) is 6.61 Å². The maximum atomic E-state index is 8.87. The summed E-state index contributed by atoms with van der Waals surface area (Å²) in [6.45, 7) is 4.41. The summed E-state index contributed by atoms with van der Waals surface area (Å²) in [6, 6.07) is 0. The van der Waals surface area contributed by atoms with Crippen molar-refractivity contribution in [1.82, 2.24) is 0 Å². The molecule has 0 aromatic rings. The zero-order valence-electron chi connectivity index (χ0n) is 7.35. The third-order valence-electron chi connectivity index (χ3n) is 2.36. The molecule has 11 heavy (non-hydrogen) atoms. The molecule has 1 rings (SSSR count). The van der Waals surface area contributed by atoms with Crippen molar-refractivity contribution in [3.63, 3.8) is 0 Å². The van der Waals surface area contributed by atoms with E-state index in [1.807, 2.05) is 6.92 Å². The van der Waals surface area contributed by atoms with Crippen LogP contribution in [0.3, 0.4) is 0 Å². The number of hydrogen-bond acceptors (Lipinski definition) is 1. The van der Waals surface area contributed by atoms with Crippen LogP contribution in [0.15, 0.2) is 22.8 Å². The van der Waals surface area contributed by atoms with E-state index in [4.69, 9.17) is 5.11 Å². The molecule has 0 unspecified atom stereocenters. The molecule has 62 valence electrons. The van der Waals surface area contributed by atoms with Crippen LogP contribution >= 0.6 is 0 Å². The summed E-state index contributed by atoms with van der Waals surface area (Å²) in [7, 11) is 0. The minimum Gasteiger partial charge on any atom is -0.392 e. The highest BCUT2D eigenvalue weighted by molar-refractivity contribution is 5.22. The molecule has 1 aliphatic rings. The van der Waals surface area contributed by atoms with Gasteiger partial charge in [-0.2, -0.15) is 0 Å². The number of aliphatic hydroxyl groups is 1. The molecule has 0 saturated heterocycles. The molecule has 1 heteroatoms. The first-order chi connectivity index (χ1) is 5.24. The van der Waals surface area contributed by atoms with E-state index < -0.39 is 0 Å². The van der Waals surface area contributed by atoms with Crippen LogP contribution in [0.4, 0.5) is 0 Å². The predicted molar refractivity (Wildman–Crippen MR) is 47.4 cm³/mol. The Balaban J connectivity index is 2.66. The largest absolute Gasteiger partial charge is 0.392 e. The SMILES string of the molecule is CC1=CCC(=C(C)CO)CC1. The lowest BCUT2D eigenvalue weighted by molar-refractivity contribution is 0.329. The normalized spacial score (nSPS) is 23.0. The Hall–Kier alpha value is -0.560. The molecule has 1 N–H and O–H groups in total. The molecule has 0 aliphatic heterocycles. The van der Waals surface area contributed by atoms with Crippen LogP contribution in [0.1, 0.15) is 33.1 Å². The van der Waals surface area contributed by atoms with Crippen molar-refractivity contribution in [1.29, 1.82) is 0 Å². The van der Waals surface area contributed by atoms with Gasteiger partial charge in [-0.3, -0.25) is 0 Å². The highest BCUT2D eigenvalue weighted by Crippen LogP contribution is 2.24. The second-order valence-corrected chi connectivity index (χ2v) is 3.30. The third-order valence-corrected chi connectivity index (χ3v) is 2.36. The smallest absolute Gasteiger partial charge is 0.0641 e. The van der Waals surface area contributed by atoms with Gasteiger partial charge < -0.3 is 5.11 Å². The van der Waals surface area contributed by atoms with Crippen LogP contribution in [0, 0.1) is 0 Å². The van der Waals surface area contributed by atoms with Gasteiger partial charge in [0.1, 0.15) is 0 Å². The fourth-order valence-corrected chi connectivity index (χ4v) is 1.35. The summed E-state index contributed by atoms with van der Waals surface area (Å²) in [6.07, 6.45) is 5.64. The molecule has 0 radical (unpaired) electrons. The van der Waals surface area contributed by atoms with E-state index in [-0.39, 0.29) is 6.61 Å². The van der Waals surface area contributed by atoms with Gasteiger partial charge in [0.15, 0.2) is 0 Å². The molecule has 0 amide bonds. The molecule has 0 aromatic carbocycles. The molecule has 1 nitrogen and oxygen atoms in total. The topological polar surface area (TPSA) is 20.2 Å². The number of aliphatic hydroxyl groups excluding tert-OH is 1. The van der Waals surface area contributed by atoms with Crippen LogP contribution < -0.4 is 0 Å². The lowest BCUT2D eigenvalue weighted by atomic mass is 9.93. The molecule has 0 spiro atoms. The minimum atomic E-state index is 0.224. The van der Waals surface area contributed by atoms with Gasteiger partial charge in [0.2, 0.25) is 0 Å². The zero-order valence-corrected chi connectivity index (χ0v) is 7.35. The first-order valence-corrected chi connectivity index (χ1v) is 4.18. The summed E-state index contributed by atoms with van der Waals surface area (Å²) in [4.78, 5) is 0. The molecule has 1 aliphatic carbocycles. The van der Waals surface area contributed by atoms with Gasteiger partial charge in [0.05, 0.1) is 6.61 Å². The fourth-order valence-electron chi connectivity index (χ4n) is 1.35. The van der Waals surface area contributed by atoms with Crippen LogP contribution in [-0.2, 0) is 0 Å². The van der Waals surface area contributed by atoms with Crippen molar-refractivity contribution < 1.29 is 5.11 Å². The summed E-state index contributed by atoms with van der Waals surface area (Å²) in [5, 5.41) is 8.87. The molecular formula is C10H16O. The van der Waals surface area contributed by atoms with Gasteiger partial charge in [0.25, 0.3) is 0 Å². The first kappa shape index (κ1) is 8.54. The second-order valence-electron chi connectivity index (χ2n) is 3.30. The van der Waals surface area contributed by atoms with E-state index in [1.165, 1.54) is 17.6 Å². The number of rotatable bonds is 1. The summed E-state index contributed by atoms with van der Waals surface area (Å²) < 4.78 is 0. The molecule has 0 heterocycles. The first-order valence-electron chi connectivity index (χ1n) is 4.18. The van der Waals surface area contributed by atoms with Crippen LogP contribution in [-0.4, -0.2) is 11.7 Å². The van der Waals surface area contributed by atoms with Crippen molar-refractivity contribution in [2.24, 2.45) is 0 Å². The lowest BCUT2D eigenvalue weighted by Gasteiger charge is -2.14. The van der Waals surface area contributed by atoms with E-state index in [0.29, 0.717) is 0 Å². The summed E-state index contributed by atoms with van der Waals surface area (Å²) >= 11 is 0. The highest BCUT2D eigenvalue weighted by atomic mass is 16.3. The quantitative estimate of drug-likeness (QED) is 0.572. The molecule has 0 fully saturated rings. The van der Waals surface area contributed by atoms with E-state index in [0.717, 1.165) is 18.4 Å². The van der Waals surface area contributed by atoms with Gasteiger partial charge in [0, 0.05) is 0 Å². The Morgan fingerprint density at radius 3 is 2.73 bits per heavy atom. The van der Waals surface area contributed by atoms with Crippen molar-refractivity contribution in [2.45, 2.75) is 33.1 Å². The van der Waals surface area contributed by atoms with Gasteiger partial charge >= 0.3 is 0 Å². The van der Waals surface area contributed by atoms with Gasteiger partial charge in [-0.05, 0) is 38.7 Å². The Morgan fingerprint density at radius 1 is 1.55 bits per heavy atom. The van der Waals surface area contributed by atoms with Gasteiger partial charge in [-0.15, -0.1) is 0 Å².